The van der Waals surface area contributed by atoms with Crippen LogP contribution in [0.3, 0.4) is 0 Å². The van der Waals surface area contributed by atoms with Gasteiger partial charge >= 0.3 is 6.09 Å². The standard InChI is InChI=1S/C30H29N3O2/c1-22-14-16-23(17-15-22)19-33-28-13-6-5-12-26(28)27(29(33)18-31)20-32(25-10-7-11-25)30(34)35-21-24-8-3-2-4-9-24/h2-6,8-9,12-17,25H,7,10-11,19-21H2,1H3. The van der Waals surface area contributed by atoms with Crippen LogP contribution in [-0.4, -0.2) is 21.6 Å². The van der Waals surface area contributed by atoms with E-state index in [1.54, 1.807) is 0 Å². The number of carbonyl (C=O) groups excluding carboxylic acids is 1. The first-order valence-electron chi connectivity index (χ1n) is 12.2. The summed E-state index contributed by atoms with van der Waals surface area (Å²) in [5.41, 5.74) is 5.80. The van der Waals surface area contributed by atoms with Gasteiger partial charge in [-0.2, -0.15) is 5.26 Å². The number of hydrogen-bond acceptors (Lipinski definition) is 3. The van der Waals surface area contributed by atoms with Crippen LogP contribution in [0.25, 0.3) is 10.9 Å². The molecule has 1 fully saturated rings. The Balaban J connectivity index is 1.47. The molecule has 0 spiro atoms. The van der Waals surface area contributed by atoms with Crippen molar-refractivity contribution in [2.75, 3.05) is 0 Å². The topological polar surface area (TPSA) is 58.3 Å². The summed E-state index contributed by atoms with van der Waals surface area (Å²) >= 11 is 0. The minimum absolute atomic E-state index is 0.143. The fraction of sp³-hybridized carbons (Fsp3) is 0.267. The van der Waals surface area contributed by atoms with Crippen LogP contribution in [0.15, 0.2) is 78.9 Å². The molecule has 3 aromatic carbocycles. The number of carbonyl (C=O) groups is 1. The van der Waals surface area contributed by atoms with Gasteiger partial charge in [0.1, 0.15) is 18.4 Å². The molecule has 1 aliphatic rings. The zero-order chi connectivity index (χ0) is 24.2. The molecule has 1 aromatic heterocycles. The molecule has 5 heteroatoms. The molecule has 0 bridgehead atoms. The summed E-state index contributed by atoms with van der Waals surface area (Å²) in [6, 6.07) is 28.8. The number of nitrogens with zero attached hydrogens (tertiary/aromatic N) is 3. The second-order valence-corrected chi connectivity index (χ2v) is 9.28. The molecule has 0 N–H and O–H groups in total. The molecule has 1 aliphatic carbocycles. The van der Waals surface area contributed by atoms with Crippen LogP contribution in [0.4, 0.5) is 4.79 Å². The average Bonchev–Trinajstić information content (AvgIpc) is 3.15. The summed E-state index contributed by atoms with van der Waals surface area (Å²) in [6.07, 6.45) is 2.71. The minimum Gasteiger partial charge on any atom is -0.445 e. The highest BCUT2D eigenvalue weighted by Gasteiger charge is 2.32. The molecule has 176 valence electrons. The molecular formula is C30H29N3O2. The third-order valence-corrected chi connectivity index (χ3v) is 6.93. The van der Waals surface area contributed by atoms with Crippen molar-refractivity contribution in [3.63, 3.8) is 0 Å². The maximum absolute atomic E-state index is 13.2. The maximum Gasteiger partial charge on any atom is 0.410 e. The van der Waals surface area contributed by atoms with Crippen molar-refractivity contribution < 1.29 is 9.53 Å². The predicted molar refractivity (Wildman–Crippen MR) is 137 cm³/mol. The summed E-state index contributed by atoms with van der Waals surface area (Å²) < 4.78 is 7.79. The van der Waals surface area contributed by atoms with Gasteiger partial charge in [-0.1, -0.05) is 78.4 Å². The van der Waals surface area contributed by atoms with Gasteiger partial charge in [0.2, 0.25) is 0 Å². The van der Waals surface area contributed by atoms with E-state index in [9.17, 15) is 10.1 Å². The number of aryl methyl sites for hydroxylation is 1. The van der Waals surface area contributed by atoms with Crippen molar-refractivity contribution in [1.82, 2.24) is 9.47 Å². The molecule has 0 atom stereocenters. The van der Waals surface area contributed by atoms with E-state index < -0.39 is 0 Å². The third-order valence-electron chi connectivity index (χ3n) is 6.93. The summed E-state index contributed by atoms with van der Waals surface area (Å²) in [4.78, 5) is 15.1. The quantitative estimate of drug-likeness (QED) is 0.312. The first kappa shape index (κ1) is 22.7. The molecule has 4 aromatic rings. The molecule has 35 heavy (non-hydrogen) atoms. The Hall–Kier alpha value is -4.04. The van der Waals surface area contributed by atoms with E-state index >= 15 is 0 Å². The number of benzene rings is 3. The summed E-state index contributed by atoms with van der Waals surface area (Å²) in [7, 11) is 0. The molecule has 1 amide bonds. The average molecular weight is 464 g/mol. The van der Waals surface area contributed by atoms with Crippen LogP contribution in [0, 0.1) is 18.3 Å². The van der Waals surface area contributed by atoms with Gasteiger partial charge in [0, 0.05) is 29.1 Å². The van der Waals surface area contributed by atoms with E-state index in [1.165, 1.54) is 5.56 Å². The van der Waals surface area contributed by atoms with Crippen LogP contribution in [0.2, 0.25) is 0 Å². The van der Waals surface area contributed by atoms with Gasteiger partial charge in [0.25, 0.3) is 0 Å². The lowest BCUT2D eigenvalue weighted by molar-refractivity contribution is 0.0586. The largest absolute Gasteiger partial charge is 0.445 e. The summed E-state index contributed by atoms with van der Waals surface area (Å²) in [5.74, 6) is 0. The second kappa shape index (κ2) is 10.1. The number of fused-ring (bicyclic) bond motifs is 1. The van der Waals surface area contributed by atoms with Crippen LogP contribution < -0.4 is 0 Å². The van der Waals surface area contributed by atoms with Gasteiger partial charge < -0.3 is 14.2 Å². The number of hydrogen-bond donors (Lipinski definition) is 0. The Morgan fingerprint density at radius 2 is 1.71 bits per heavy atom. The third kappa shape index (κ3) is 4.79. The zero-order valence-electron chi connectivity index (χ0n) is 20.0. The zero-order valence-corrected chi connectivity index (χ0v) is 20.0. The summed E-state index contributed by atoms with van der Waals surface area (Å²) in [5, 5.41) is 11.2. The molecule has 0 radical (unpaired) electrons. The highest BCUT2D eigenvalue weighted by Crippen LogP contribution is 2.32. The maximum atomic E-state index is 13.2. The van der Waals surface area contributed by atoms with Gasteiger partial charge in [-0.3, -0.25) is 0 Å². The molecule has 0 unspecified atom stereocenters. The van der Waals surface area contributed by atoms with E-state index in [-0.39, 0.29) is 18.7 Å². The Kier molecular flexibility index (Phi) is 6.54. The highest BCUT2D eigenvalue weighted by molar-refractivity contribution is 5.87. The van der Waals surface area contributed by atoms with Crippen LogP contribution >= 0.6 is 0 Å². The smallest absolute Gasteiger partial charge is 0.410 e. The highest BCUT2D eigenvalue weighted by atomic mass is 16.6. The van der Waals surface area contributed by atoms with Crippen molar-refractivity contribution in [3.8, 4) is 6.07 Å². The first-order chi connectivity index (χ1) is 17.1. The van der Waals surface area contributed by atoms with Gasteiger partial charge in [0.15, 0.2) is 0 Å². The fourth-order valence-electron chi connectivity index (χ4n) is 4.72. The van der Waals surface area contributed by atoms with Crippen molar-refractivity contribution >= 4 is 17.0 Å². The fourth-order valence-corrected chi connectivity index (χ4v) is 4.72. The number of para-hydroxylation sites is 1. The number of aromatic nitrogens is 1. The van der Waals surface area contributed by atoms with E-state index in [0.29, 0.717) is 18.8 Å². The lowest BCUT2D eigenvalue weighted by Crippen LogP contribution is -2.44. The normalized spacial score (nSPS) is 13.3. The van der Waals surface area contributed by atoms with E-state index in [2.05, 4.69) is 47.9 Å². The monoisotopic (exact) mass is 463 g/mol. The number of amides is 1. The van der Waals surface area contributed by atoms with Gasteiger partial charge in [-0.05, 0) is 43.4 Å². The van der Waals surface area contributed by atoms with Crippen LogP contribution in [-0.2, 0) is 24.4 Å². The van der Waals surface area contributed by atoms with Crippen LogP contribution in [0.5, 0.6) is 0 Å². The predicted octanol–water partition coefficient (Wildman–Crippen LogP) is 6.56. The molecule has 0 aliphatic heterocycles. The van der Waals surface area contributed by atoms with Crippen molar-refractivity contribution in [1.29, 1.82) is 5.26 Å². The van der Waals surface area contributed by atoms with Gasteiger partial charge in [-0.25, -0.2) is 4.79 Å². The second-order valence-electron chi connectivity index (χ2n) is 9.28. The first-order valence-corrected chi connectivity index (χ1v) is 12.2. The number of rotatable bonds is 7. The van der Waals surface area contributed by atoms with Gasteiger partial charge in [0.05, 0.1) is 6.54 Å². The SMILES string of the molecule is Cc1ccc(Cn2c(C#N)c(CN(C(=O)OCc3ccccc3)C3CCC3)c3ccccc32)cc1. The number of nitriles is 1. The Morgan fingerprint density at radius 3 is 2.40 bits per heavy atom. The minimum atomic E-state index is -0.321. The molecule has 5 rings (SSSR count). The number of ether oxygens (including phenoxy) is 1. The Bertz CT molecular complexity index is 1360. The Morgan fingerprint density at radius 1 is 1.00 bits per heavy atom. The van der Waals surface area contributed by atoms with Crippen molar-refractivity contribution in [3.05, 3.63) is 107 Å². The van der Waals surface area contributed by atoms with Crippen molar-refractivity contribution in [2.24, 2.45) is 0 Å². The van der Waals surface area contributed by atoms with E-state index in [0.717, 1.165) is 46.9 Å². The Labute approximate surface area is 206 Å². The lowest BCUT2D eigenvalue weighted by atomic mass is 9.91. The molecule has 1 heterocycles. The molecular weight excluding hydrogens is 434 g/mol. The van der Waals surface area contributed by atoms with E-state index in [1.807, 2.05) is 53.4 Å². The summed E-state index contributed by atoms with van der Waals surface area (Å²) in [6.45, 7) is 3.27. The lowest BCUT2D eigenvalue weighted by Gasteiger charge is -2.36. The van der Waals surface area contributed by atoms with Gasteiger partial charge in [-0.15, -0.1) is 0 Å². The molecule has 0 saturated heterocycles. The molecule has 5 nitrogen and oxygen atoms in total. The van der Waals surface area contributed by atoms with Crippen molar-refractivity contribution in [2.45, 2.75) is 51.9 Å². The molecule has 1 saturated carbocycles. The van der Waals surface area contributed by atoms with E-state index in [4.69, 9.17) is 4.74 Å². The van der Waals surface area contributed by atoms with Crippen LogP contribution in [0.1, 0.15) is 47.2 Å².